The number of aromatic nitrogens is 1. The smallest absolute Gasteiger partial charge is 0.228 e. The van der Waals surface area contributed by atoms with Crippen molar-refractivity contribution < 1.29 is 4.42 Å². The molecule has 4 rings (SSSR count). The van der Waals surface area contributed by atoms with Gasteiger partial charge < -0.3 is 10.2 Å². The fraction of sp³-hybridized carbons (Fsp3) is 0. The van der Waals surface area contributed by atoms with Crippen LogP contribution in [0.3, 0.4) is 0 Å². The molecule has 21 heavy (non-hydrogen) atoms. The number of oxazole rings is 1. The maximum atomic E-state index is 5.90. The largest absolute Gasteiger partial charge is 0.436 e. The molecule has 0 unspecified atom stereocenters. The first-order valence-electron chi connectivity index (χ1n) is 6.56. The molecule has 0 saturated heterocycles. The molecule has 4 aromatic rings. The Morgan fingerprint density at radius 2 is 1.86 bits per heavy atom. The Bertz CT molecular complexity index is 975. The van der Waals surface area contributed by atoms with Crippen LogP contribution in [-0.4, -0.2) is 4.98 Å². The van der Waals surface area contributed by atoms with Gasteiger partial charge >= 0.3 is 0 Å². The molecule has 0 aliphatic rings. The summed E-state index contributed by atoms with van der Waals surface area (Å²) in [6.07, 6.45) is 0. The summed E-state index contributed by atoms with van der Waals surface area (Å²) in [7, 11) is 0. The highest BCUT2D eigenvalue weighted by Crippen LogP contribution is 2.33. The third kappa shape index (κ3) is 1.99. The molecule has 0 aliphatic carbocycles. The van der Waals surface area contributed by atoms with Crippen LogP contribution < -0.4 is 5.73 Å². The van der Waals surface area contributed by atoms with Gasteiger partial charge in [0.05, 0.1) is 5.56 Å². The monoisotopic (exact) mass is 338 g/mol. The van der Waals surface area contributed by atoms with Crippen LogP contribution >= 0.6 is 15.9 Å². The van der Waals surface area contributed by atoms with E-state index in [4.69, 9.17) is 10.2 Å². The first-order valence-corrected chi connectivity index (χ1v) is 7.35. The van der Waals surface area contributed by atoms with Gasteiger partial charge in [-0.15, -0.1) is 0 Å². The minimum Gasteiger partial charge on any atom is -0.436 e. The summed E-state index contributed by atoms with van der Waals surface area (Å²) < 4.78 is 6.77. The molecule has 0 radical (unpaired) electrons. The quantitative estimate of drug-likeness (QED) is 0.497. The third-order valence-corrected chi connectivity index (χ3v) is 4.16. The van der Waals surface area contributed by atoms with Crippen LogP contribution in [0.4, 0.5) is 5.69 Å². The highest BCUT2D eigenvalue weighted by atomic mass is 79.9. The van der Waals surface area contributed by atoms with Crippen LogP contribution in [0.1, 0.15) is 0 Å². The van der Waals surface area contributed by atoms with Crippen molar-refractivity contribution in [3.8, 4) is 11.5 Å². The first kappa shape index (κ1) is 12.4. The first-order chi connectivity index (χ1) is 10.2. The average Bonchev–Trinajstić information content (AvgIpc) is 2.91. The molecule has 0 aliphatic heterocycles. The van der Waals surface area contributed by atoms with Gasteiger partial charge in [-0.3, -0.25) is 0 Å². The fourth-order valence-electron chi connectivity index (χ4n) is 2.48. The van der Waals surface area contributed by atoms with E-state index >= 15 is 0 Å². The normalized spacial score (nSPS) is 11.3. The van der Waals surface area contributed by atoms with E-state index in [1.165, 1.54) is 0 Å². The van der Waals surface area contributed by atoms with Crippen molar-refractivity contribution in [2.45, 2.75) is 0 Å². The van der Waals surface area contributed by atoms with Crippen molar-refractivity contribution in [3.05, 3.63) is 59.1 Å². The number of hydrogen-bond donors (Lipinski definition) is 1. The number of anilines is 1. The van der Waals surface area contributed by atoms with Gasteiger partial charge in [0.25, 0.3) is 0 Å². The summed E-state index contributed by atoms with van der Waals surface area (Å²) in [6.45, 7) is 0. The van der Waals surface area contributed by atoms with Gasteiger partial charge in [0.2, 0.25) is 5.89 Å². The Balaban J connectivity index is 2.00. The molecule has 1 aromatic heterocycles. The number of rotatable bonds is 1. The van der Waals surface area contributed by atoms with Crippen molar-refractivity contribution in [3.63, 3.8) is 0 Å². The van der Waals surface area contributed by atoms with E-state index in [0.717, 1.165) is 31.9 Å². The van der Waals surface area contributed by atoms with Crippen molar-refractivity contribution >= 4 is 43.5 Å². The number of nitrogens with two attached hydrogens (primary N) is 1. The average molecular weight is 339 g/mol. The second kappa shape index (κ2) is 4.60. The minimum absolute atomic E-state index is 0.591. The number of benzene rings is 3. The molecule has 1 heterocycles. The predicted octanol–water partition coefficient (Wildman–Crippen LogP) is 4.99. The van der Waals surface area contributed by atoms with Gasteiger partial charge in [-0.1, -0.05) is 30.3 Å². The molecule has 0 atom stereocenters. The summed E-state index contributed by atoms with van der Waals surface area (Å²) in [5.74, 6) is 0.591. The van der Waals surface area contributed by atoms with E-state index in [1.807, 2.05) is 42.5 Å². The lowest BCUT2D eigenvalue weighted by molar-refractivity contribution is 0.619. The Morgan fingerprint density at radius 1 is 1.00 bits per heavy atom. The maximum Gasteiger partial charge on any atom is 0.228 e. The van der Waals surface area contributed by atoms with Gasteiger partial charge in [0, 0.05) is 15.5 Å². The van der Waals surface area contributed by atoms with Crippen molar-refractivity contribution in [2.75, 3.05) is 5.73 Å². The lowest BCUT2D eigenvalue weighted by Gasteiger charge is -2.00. The van der Waals surface area contributed by atoms with Gasteiger partial charge in [0.15, 0.2) is 5.58 Å². The van der Waals surface area contributed by atoms with Gasteiger partial charge in [0.1, 0.15) is 5.52 Å². The van der Waals surface area contributed by atoms with E-state index in [2.05, 4.69) is 33.0 Å². The van der Waals surface area contributed by atoms with Gasteiger partial charge in [-0.05, 0) is 45.6 Å². The highest BCUT2D eigenvalue weighted by molar-refractivity contribution is 9.10. The minimum atomic E-state index is 0.591. The van der Waals surface area contributed by atoms with Crippen LogP contribution in [0.2, 0.25) is 0 Å². The summed E-state index contributed by atoms with van der Waals surface area (Å²) in [4.78, 5) is 4.66. The van der Waals surface area contributed by atoms with Gasteiger partial charge in [-0.2, -0.15) is 0 Å². The third-order valence-electron chi connectivity index (χ3n) is 3.51. The number of nitrogens with zero attached hydrogens (tertiary/aromatic N) is 1. The van der Waals surface area contributed by atoms with Crippen LogP contribution in [-0.2, 0) is 0 Å². The number of nitrogen functional groups attached to an aromatic ring is 1. The molecule has 0 fully saturated rings. The lowest BCUT2D eigenvalue weighted by atomic mass is 10.1. The number of fused-ring (bicyclic) bond motifs is 3. The second-order valence-electron chi connectivity index (χ2n) is 4.89. The van der Waals surface area contributed by atoms with Crippen LogP contribution in [0.5, 0.6) is 0 Å². The van der Waals surface area contributed by atoms with E-state index < -0.39 is 0 Å². The molecule has 0 spiro atoms. The SMILES string of the molecule is Nc1ccc(-c2nc3c(ccc4ccccc43)o2)c(Br)c1. The molecule has 3 aromatic carbocycles. The lowest BCUT2D eigenvalue weighted by Crippen LogP contribution is -1.86. The Morgan fingerprint density at radius 3 is 2.71 bits per heavy atom. The Labute approximate surface area is 129 Å². The predicted molar refractivity (Wildman–Crippen MR) is 89.1 cm³/mol. The molecule has 0 amide bonds. The molecular formula is C17H11BrN2O. The van der Waals surface area contributed by atoms with Crippen LogP contribution in [0, 0.1) is 0 Å². The fourth-order valence-corrected chi connectivity index (χ4v) is 3.05. The Kier molecular flexibility index (Phi) is 2.72. The maximum absolute atomic E-state index is 5.90. The zero-order chi connectivity index (χ0) is 14.4. The zero-order valence-electron chi connectivity index (χ0n) is 11.0. The molecule has 0 saturated carbocycles. The van der Waals surface area contributed by atoms with Crippen LogP contribution in [0.15, 0.2) is 63.5 Å². The van der Waals surface area contributed by atoms with E-state index in [-0.39, 0.29) is 0 Å². The van der Waals surface area contributed by atoms with E-state index in [9.17, 15) is 0 Å². The van der Waals surface area contributed by atoms with Crippen molar-refractivity contribution in [1.82, 2.24) is 4.98 Å². The molecule has 102 valence electrons. The summed E-state index contributed by atoms with van der Waals surface area (Å²) in [5.41, 5.74) is 9.03. The number of hydrogen-bond acceptors (Lipinski definition) is 3. The molecule has 2 N–H and O–H groups in total. The van der Waals surface area contributed by atoms with Crippen molar-refractivity contribution in [2.24, 2.45) is 0 Å². The highest BCUT2D eigenvalue weighted by Gasteiger charge is 2.13. The van der Waals surface area contributed by atoms with Crippen LogP contribution in [0.25, 0.3) is 33.3 Å². The van der Waals surface area contributed by atoms with Crippen molar-refractivity contribution in [1.29, 1.82) is 0 Å². The standard InChI is InChI=1S/C17H11BrN2O/c18-14-9-11(19)6-7-13(14)17-20-16-12-4-2-1-3-10(12)5-8-15(16)21-17/h1-9H,19H2. The molecule has 3 nitrogen and oxygen atoms in total. The van der Waals surface area contributed by atoms with E-state index in [0.29, 0.717) is 11.6 Å². The zero-order valence-corrected chi connectivity index (χ0v) is 12.6. The molecular weight excluding hydrogens is 328 g/mol. The summed E-state index contributed by atoms with van der Waals surface area (Å²) in [6, 6.07) is 17.8. The second-order valence-corrected chi connectivity index (χ2v) is 5.75. The summed E-state index contributed by atoms with van der Waals surface area (Å²) in [5, 5.41) is 2.25. The number of halogens is 1. The van der Waals surface area contributed by atoms with Gasteiger partial charge in [-0.25, -0.2) is 4.98 Å². The topological polar surface area (TPSA) is 52.0 Å². The molecule has 4 heteroatoms. The Hall–Kier alpha value is -2.33. The van der Waals surface area contributed by atoms with E-state index in [1.54, 1.807) is 0 Å². The summed E-state index contributed by atoms with van der Waals surface area (Å²) >= 11 is 3.51. The molecule has 0 bridgehead atoms.